The van der Waals surface area contributed by atoms with E-state index < -0.39 is 20.3 Å². The SMILES string of the molecule is CC(C(=O)O)S(=O)(=O)Cl.Cl. The van der Waals surface area contributed by atoms with Crippen LogP contribution >= 0.6 is 23.1 Å². The average Bonchev–Trinajstić information content (AvgIpc) is 1.62. The Hall–Kier alpha value is -0.000000000000000111. The van der Waals surface area contributed by atoms with Gasteiger partial charge in [-0.3, -0.25) is 4.79 Å². The Kier molecular flexibility index (Phi) is 5.06. The lowest BCUT2D eigenvalue weighted by Gasteiger charge is -1.97. The lowest BCUT2D eigenvalue weighted by Crippen LogP contribution is -2.22. The maximum Gasteiger partial charge on any atom is 0.322 e. The van der Waals surface area contributed by atoms with Gasteiger partial charge in [0.15, 0.2) is 5.25 Å². The lowest BCUT2D eigenvalue weighted by molar-refractivity contribution is -0.136. The number of hydrogen-bond acceptors (Lipinski definition) is 3. The minimum atomic E-state index is -3.93. The largest absolute Gasteiger partial charge is 0.480 e. The smallest absolute Gasteiger partial charge is 0.322 e. The molecule has 4 nitrogen and oxygen atoms in total. The Balaban J connectivity index is 0. The third-order valence-electron chi connectivity index (χ3n) is 0.770. The van der Waals surface area contributed by atoms with Crippen molar-refractivity contribution < 1.29 is 18.3 Å². The predicted molar refractivity (Wildman–Crippen MR) is 39.1 cm³/mol. The highest BCUT2D eigenvalue weighted by atomic mass is 35.7. The van der Waals surface area contributed by atoms with Crippen LogP contribution in [0.3, 0.4) is 0 Å². The molecule has 0 aliphatic carbocycles. The normalized spacial score (nSPS) is 13.4. The molecule has 0 fully saturated rings. The zero-order valence-electron chi connectivity index (χ0n) is 4.94. The first kappa shape index (κ1) is 12.7. The fraction of sp³-hybridized carbons (Fsp3) is 0.667. The van der Waals surface area contributed by atoms with Crippen molar-refractivity contribution in [3.05, 3.63) is 0 Å². The van der Waals surface area contributed by atoms with Crippen molar-refractivity contribution in [2.45, 2.75) is 12.2 Å². The van der Waals surface area contributed by atoms with Crippen LogP contribution in [0.4, 0.5) is 0 Å². The van der Waals surface area contributed by atoms with Gasteiger partial charge in [0.1, 0.15) is 0 Å². The topological polar surface area (TPSA) is 71.4 Å². The highest BCUT2D eigenvalue weighted by Gasteiger charge is 2.24. The van der Waals surface area contributed by atoms with Gasteiger partial charge in [0.25, 0.3) is 0 Å². The van der Waals surface area contributed by atoms with Gasteiger partial charge in [-0.1, -0.05) is 0 Å². The van der Waals surface area contributed by atoms with Crippen LogP contribution in [0.5, 0.6) is 0 Å². The van der Waals surface area contributed by atoms with E-state index in [1.165, 1.54) is 0 Å². The molecule has 0 aliphatic rings. The molecule has 0 spiro atoms. The molecule has 62 valence electrons. The average molecular weight is 209 g/mol. The van der Waals surface area contributed by atoms with E-state index in [1.54, 1.807) is 0 Å². The fourth-order valence-corrected chi connectivity index (χ4v) is 0.590. The van der Waals surface area contributed by atoms with E-state index in [0.717, 1.165) is 6.92 Å². The van der Waals surface area contributed by atoms with Crippen molar-refractivity contribution in [3.8, 4) is 0 Å². The Bertz CT molecular complexity index is 209. The third-order valence-corrected chi connectivity index (χ3v) is 2.62. The summed E-state index contributed by atoms with van der Waals surface area (Å²) in [7, 11) is 0.741. The molecule has 0 aromatic heterocycles. The van der Waals surface area contributed by atoms with Crippen molar-refractivity contribution in [2.24, 2.45) is 0 Å². The second kappa shape index (κ2) is 4.00. The van der Waals surface area contributed by atoms with E-state index in [2.05, 4.69) is 10.7 Å². The van der Waals surface area contributed by atoms with Crippen LogP contribution in [-0.4, -0.2) is 24.7 Å². The van der Waals surface area contributed by atoms with Gasteiger partial charge in [0.05, 0.1) is 0 Å². The van der Waals surface area contributed by atoms with Crippen molar-refractivity contribution >= 4 is 38.1 Å². The molecule has 0 radical (unpaired) electrons. The molecular formula is C3H6Cl2O4S. The molecule has 7 heteroatoms. The summed E-state index contributed by atoms with van der Waals surface area (Å²) in [6.45, 7) is 1.00. The fourth-order valence-electron chi connectivity index (χ4n) is 0.120. The monoisotopic (exact) mass is 208 g/mol. The molecule has 1 atom stereocenters. The molecule has 0 aromatic rings. The van der Waals surface area contributed by atoms with Crippen molar-refractivity contribution in [2.75, 3.05) is 0 Å². The summed E-state index contributed by atoms with van der Waals surface area (Å²) >= 11 is 0. The number of aliphatic carboxylic acids is 1. The summed E-state index contributed by atoms with van der Waals surface area (Å²) in [5, 5.41) is 6.53. The van der Waals surface area contributed by atoms with E-state index in [4.69, 9.17) is 5.11 Å². The summed E-state index contributed by atoms with van der Waals surface area (Å²) in [6, 6.07) is 0. The molecule has 1 unspecified atom stereocenters. The second-order valence-corrected chi connectivity index (χ2v) is 4.40. The first-order valence-electron chi connectivity index (χ1n) is 2.02. The molecule has 0 saturated heterocycles. The van der Waals surface area contributed by atoms with Gasteiger partial charge >= 0.3 is 5.97 Å². The van der Waals surface area contributed by atoms with E-state index in [1.807, 2.05) is 0 Å². The maximum absolute atomic E-state index is 10.2. The van der Waals surface area contributed by atoms with Crippen LogP contribution in [0.1, 0.15) is 6.92 Å². The van der Waals surface area contributed by atoms with Crippen LogP contribution in [-0.2, 0) is 13.8 Å². The summed E-state index contributed by atoms with van der Waals surface area (Å²) in [5.74, 6) is -1.44. The Morgan fingerprint density at radius 1 is 1.60 bits per heavy atom. The Labute approximate surface area is 69.0 Å². The minimum Gasteiger partial charge on any atom is -0.480 e. The second-order valence-electron chi connectivity index (χ2n) is 1.46. The van der Waals surface area contributed by atoms with E-state index in [-0.39, 0.29) is 12.4 Å². The summed E-state index contributed by atoms with van der Waals surface area (Å²) in [5.41, 5.74) is 0. The van der Waals surface area contributed by atoms with Crippen LogP contribution in [0.15, 0.2) is 0 Å². The molecule has 10 heavy (non-hydrogen) atoms. The first-order chi connectivity index (χ1) is 3.85. The molecule has 0 aliphatic heterocycles. The molecule has 1 N–H and O–H groups in total. The van der Waals surface area contributed by atoms with Crippen LogP contribution in [0, 0.1) is 0 Å². The zero-order chi connectivity index (χ0) is 7.65. The van der Waals surface area contributed by atoms with Gasteiger partial charge in [0, 0.05) is 10.7 Å². The number of carbonyl (C=O) groups is 1. The number of rotatable bonds is 2. The van der Waals surface area contributed by atoms with Gasteiger partial charge < -0.3 is 5.11 Å². The molecule has 0 saturated carbocycles. The van der Waals surface area contributed by atoms with Crippen LogP contribution in [0.2, 0.25) is 0 Å². The number of hydrogen-bond donors (Lipinski definition) is 1. The summed E-state index contributed by atoms with van der Waals surface area (Å²) < 4.78 is 20.3. The molecule has 0 amide bonds. The van der Waals surface area contributed by atoms with Crippen molar-refractivity contribution in [1.82, 2.24) is 0 Å². The maximum atomic E-state index is 10.2. The minimum absolute atomic E-state index is 0. The molecule has 0 heterocycles. The van der Waals surface area contributed by atoms with Crippen LogP contribution in [0.25, 0.3) is 0 Å². The van der Waals surface area contributed by atoms with Gasteiger partial charge in [-0.25, -0.2) is 8.42 Å². The highest BCUT2D eigenvalue weighted by Crippen LogP contribution is 2.05. The third kappa shape index (κ3) is 3.92. The van der Waals surface area contributed by atoms with Crippen LogP contribution < -0.4 is 0 Å². The molecule has 0 aromatic carbocycles. The first-order valence-corrected chi connectivity index (χ1v) is 4.39. The van der Waals surface area contributed by atoms with E-state index >= 15 is 0 Å². The van der Waals surface area contributed by atoms with Gasteiger partial charge in [-0.2, -0.15) is 0 Å². The standard InChI is InChI=1S/C3H5ClO4S.ClH/c1-2(3(5)6)9(4,7)8;/h2H,1H3,(H,5,6);1H. The molecular weight excluding hydrogens is 203 g/mol. The quantitative estimate of drug-likeness (QED) is 0.670. The van der Waals surface area contributed by atoms with Gasteiger partial charge in [0.2, 0.25) is 9.05 Å². The van der Waals surface area contributed by atoms with E-state index in [9.17, 15) is 13.2 Å². The molecule has 0 bridgehead atoms. The Morgan fingerprint density at radius 3 is 1.90 bits per heavy atom. The molecule has 0 rings (SSSR count). The van der Waals surface area contributed by atoms with Gasteiger partial charge in [-0.15, -0.1) is 12.4 Å². The summed E-state index contributed by atoms with van der Waals surface area (Å²) in [4.78, 5) is 9.88. The number of carboxylic acids is 1. The predicted octanol–water partition coefficient (Wildman–Crippen LogP) is 0.450. The van der Waals surface area contributed by atoms with E-state index in [0.29, 0.717) is 0 Å². The zero-order valence-corrected chi connectivity index (χ0v) is 7.33. The lowest BCUT2D eigenvalue weighted by atomic mass is 10.5. The number of halogens is 2. The van der Waals surface area contributed by atoms with Gasteiger partial charge in [-0.05, 0) is 6.92 Å². The number of carboxylic acid groups (broad SMARTS) is 1. The summed E-state index contributed by atoms with van der Waals surface area (Å²) in [6.07, 6.45) is 0. The van der Waals surface area contributed by atoms with Crippen molar-refractivity contribution in [1.29, 1.82) is 0 Å². The van der Waals surface area contributed by atoms with Crippen molar-refractivity contribution in [3.63, 3.8) is 0 Å². The Morgan fingerprint density at radius 2 is 1.90 bits per heavy atom. The highest BCUT2D eigenvalue weighted by molar-refractivity contribution is 8.14.